The number of hydrogen-bond acceptors (Lipinski definition) is 33. The molecule has 410 valence electrons. The molecule has 3 fully saturated rings. The van der Waals surface area contributed by atoms with Crippen molar-refractivity contribution in [2.75, 3.05) is 44.1 Å². The lowest BCUT2D eigenvalue weighted by molar-refractivity contribution is -0.745. The molecule has 16 unspecified atom stereocenters. The molecule has 75 heavy (non-hydrogen) atoms. The number of nitrogens with one attached hydrogen (secondary N) is 2. The van der Waals surface area contributed by atoms with E-state index in [2.05, 4.69) is 64.8 Å². The average molecular weight is 1160 g/mol. The minimum Gasteiger partial charge on any atom is -0.779 e. The second-order valence-electron chi connectivity index (χ2n) is 16.4. The number of fused-ring (bicyclic) bond motifs is 3. The van der Waals surface area contributed by atoms with E-state index in [1.165, 1.54) is 22.5 Å². The normalized spacial score (nSPS) is 30.5. The highest BCUT2D eigenvalue weighted by molar-refractivity contribution is 8.09. The predicted octanol–water partition coefficient (Wildman–Crippen LogP) is -7.12. The molecule has 3 aliphatic rings. The van der Waals surface area contributed by atoms with Crippen LogP contribution < -0.4 is 52.5 Å². The predicted molar refractivity (Wildman–Crippen MR) is 237 cm³/mol. The maximum Gasteiger partial charge on any atom is 0.313 e. The zero-order valence-electron chi connectivity index (χ0n) is 37.8. The maximum atomic E-state index is 13.6. The van der Waals surface area contributed by atoms with Crippen molar-refractivity contribution in [1.82, 2.24) is 53.6 Å². The van der Waals surface area contributed by atoms with Gasteiger partial charge in [0.25, 0.3) is 40.5 Å². The molecule has 9 heterocycles. The van der Waals surface area contributed by atoms with Gasteiger partial charge in [0.15, 0.2) is 41.4 Å². The number of rotatable bonds is 19. The van der Waals surface area contributed by atoms with Crippen LogP contribution in [0.25, 0.3) is 33.5 Å². The lowest BCUT2D eigenvalue weighted by Gasteiger charge is -2.38. The lowest BCUT2D eigenvalue weighted by atomic mass is 10.1. The zero-order chi connectivity index (χ0) is 54.3. The molecular formula is C32H40N15O23P4S-3. The van der Waals surface area contributed by atoms with Gasteiger partial charge in [0.1, 0.15) is 73.5 Å². The van der Waals surface area contributed by atoms with Crippen LogP contribution in [0.1, 0.15) is 18.7 Å². The van der Waals surface area contributed by atoms with Crippen molar-refractivity contribution < 1.29 is 104 Å². The third-order valence-corrected chi connectivity index (χ3v) is 17.8. The molecule has 12 N–H and O–H groups in total. The van der Waals surface area contributed by atoms with E-state index in [1.807, 2.05) is 0 Å². The molecule has 16 atom stereocenters. The Kier molecular flexibility index (Phi) is 15.1. The molecule has 6 aromatic heterocycles. The Hall–Kier alpha value is -4.73. The first-order valence-corrected chi connectivity index (χ1v) is 28.0. The van der Waals surface area contributed by atoms with Gasteiger partial charge >= 0.3 is 5.65 Å². The Morgan fingerprint density at radius 1 is 0.720 bits per heavy atom. The van der Waals surface area contributed by atoms with Crippen molar-refractivity contribution in [2.45, 2.75) is 73.6 Å². The third kappa shape index (κ3) is 11.1. The van der Waals surface area contributed by atoms with E-state index in [1.54, 1.807) is 0 Å². The zero-order valence-corrected chi connectivity index (χ0v) is 42.2. The van der Waals surface area contributed by atoms with Crippen molar-refractivity contribution in [3.8, 4) is 0 Å². The number of aryl methyl sites for hydroxylation is 1. The molecule has 43 heteroatoms. The van der Waals surface area contributed by atoms with Crippen LogP contribution in [0, 0.1) is 0 Å². The number of nitrogens with two attached hydrogens (primary N) is 3. The fraction of sp³-hybridized carbons (Fsp3) is 0.531. The second-order valence-corrected chi connectivity index (χ2v) is 23.6. The fourth-order valence-corrected chi connectivity index (χ4v) is 14.1. The highest BCUT2D eigenvalue weighted by atomic mass is 32.5. The molecule has 38 nitrogen and oxygen atoms in total. The average Bonchev–Trinajstić information content (AvgIpc) is 4.17. The summed E-state index contributed by atoms with van der Waals surface area (Å²) in [7, 11) is -15.3. The number of aliphatic hydroxyl groups is 4. The second kappa shape index (κ2) is 20.6. The van der Waals surface area contributed by atoms with Gasteiger partial charge in [-0.1, -0.05) is 16.8 Å². The first-order valence-electron chi connectivity index (χ1n) is 21.1. The number of anilines is 3. The lowest BCUT2D eigenvalue weighted by Crippen LogP contribution is -2.46. The van der Waals surface area contributed by atoms with Gasteiger partial charge in [-0.15, -0.1) is 0 Å². The number of hydrogen-bond donors (Lipinski definition) is 9. The maximum absolute atomic E-state index is 13.6. The minimum absolute atomic E-state index is 0.00855. The van der Waals surface area contributed by atoms with Crippen molar-refractivity contribution in [2.24, 2.45) is 7.05 Å². The van der Waals surface area contributed by atoms with Crippen LogP contribution in [-0.2, 0) is 78.2 Å². The smallest absolute Gasteiger partial charge is 0.313 e. The van der Waals surface area contributed by atoms with Gasteiger partial charge in [0.2, 0.25) is 17.7 Å². The van der Waals surface area contributed by atoms with E-state index in [4.69, 9.17) is 49.7 Å². The summed E-state index contributed by atoms with van der Waals surface area (Å²) < 4.78 is 95.3. The number of aliphatic hydroxyl groups excluding tert-OH is 4. The van der Waals surface area contributed by atoms with E-state index in [0.29, 0.717) is 0 Å². The van der Waals surface area contributed by atoms with E-state index >= 15 is 0 Å². The summed E-state index contributed by atoms with van der Waals surface area (Å²) in [4.78, 5) is 106. The number of phosphoric ester groups is 3. The van der Waals surface area contributed by atoms with Crippen LogP contribution in [0.2, 0.25) is 0 Å². The third-order valence-electron chi connectivity index (χ3n) is 11.5. The Labute approximate surface area is 420 Å². The number of methoxy groups -OCH3 is 1. The van der Waals surface area contributed by atoms with Gasteiger partial charge in [0.05, 0.1) is 39.5 Å². The molecule has 0 aliphatic carbocycles. The number of imidazole rings is 3. The molecule has 3 saturated heterocycles. The minimum atomic E-state index is -6.11. The highest BCUT2D eigenvalue weighted by Gasteiger charge is 2.51. The Bertz CT molecular complexity index is 3470. The number of aromatic amines is 2. The SMILES string of the molecule is COC1C(OP(=O)([O-])OCC2OC(n3cnc4c(=O)[nH]c(N)nc43)C(O)C2O)C(COP(=O)([O-])OP([O-])(=S)OP(=O)([O-])OCC2OC([n+]3cn(C)c4c(=O)[nH]c(N)nc43)C(O)C2O)OC1n1cnc2c(N)ncnc21. The van der Waals surface area contributed by atoms with Crippen molar-refractivity contribution in [3.05, 3.63) is 46.0 Å². The molecule has 9 rings (SSSR count). The summed E-state index contributed by atoms with van der Waals surface area (Å²) in [6, 6.07) is 0. The summed E-state index contributed by atoms with van der Waals surface area (Å²) in [5.74, 6) is -0.734. The summed E-state index contributed by atoms with van der Waals surface area (Å²) >= 11 is 4.50. The summed E-state index contributed by atoms with van der Waals surface area (Å²) in [5.41, 5.74) is 15.3. The quantitative estimate of drug-likeness (QED) is 0.0269. The van der Waals surface area contributed by atoms with Crippen LogP contribution in [-0.4, -0.2) is 156 Å². The standard InChI is InChI=1S/C32H43N15O23P4S/c1-44-9-47(25-15(44)27(53)43-32(35)41-25)29-19(51)17(49)11(66-29)4-63-72(56,57)69-74(60,75)70-73(58,59)64-5-12-20(21(61-2)30(67-12)45-7-38-13-22(33)36-6-37-23(13)45)68-71(54,55)62-3-10-16(48)18(50)28(65-10)46-8-39-14-24(46)40-31(34)42-26(14)52/h6-12,16-21,28-30,48-51H,3-5H2,1-2H3,(H11-,33,34,35,36,37,40,41,42,43,52,53,54,55,56,57,58,59,60,75)/p-3. The van der Waals surface area contributed by atoms with Crippen LogP contribution in [0.4, 0.5) is 17.7 Å². The molecule has 0 aromatic carbocycles. The number of ether oxygens (including phenoxy) is 4. The molecule has 3 aliphatic heterocycles. The number of phosphoric acid groups is 3. The number of nitrogen functional groups attached to an aromatic ring is 3. The van der Waals surface area contributed by atoms with E-state index < -0.39 is 135 Å². The van der Waals surface area contributed by atoms with E-state index in [9.17, 15) is 63.3 Å². The van der Waals surface area contributed by atoms with E-state index in [0.717, 1.165) is 35.2 Å². The molecular weight excluding hydrogens is 1120 g/mol. The van der Waals surface area contributed by atoms with Gasteiger partial charge in [-0.2, -0.15) is 4.98 Å². The fourth-order valence-electron chi connectivity index (χ4n) is 8.26. The summed E-state index contributed by atoms with van der Waals surface area (Å²) in [5, 5.41) is 43.1. The number of H-pyrrole nitrogens is 2. The van der Waals surface area contributed by atoms with Crippen LogP contribution >= 0.6 is 30.2 Å². The van der Waals surface area contributed by atoms with Crippen molar-refractivity contribution >= 4 is 93.2 Å². The number of aromatic nitrogens is 12. The largest absolute Gasteiger partial charge is 0.779 e. The van der Waals surface area contributed by atoms with Gasteiger partial charge in [-0.25, -0.2) is 24.5 Å². The first-order chi connectivity index (χ1) is 35.2. The molecule has 0 amide bonds. The summed E-state index contributed by atoms with van der Waals surface area (Å²) in [6.07, 6.45) is -16.1. The summed E-state index contributed by atoms with van der Waals surface area (Å²) in [6.45, 7) is -9.28. The van der Waals surface area contributed by atoms with E-state index in [-0.39, 0.29) is 51.2 Å². The van der Waals surface area contributed by atoms with Crippen molar-refractivity contribution in [1.29, 1.82) is 0 Å². The van der Waals surface area contributed by atoms with Gasteiger partial charge < -0.3 is 94.2 Å². The first kappa shape index (κ1) is 55.0. The number of nitrogens with zero attached hydrogens (tertiary/aromatic N) is 10. The van der Waals surface area contributed by atoms with Gasteiger partial charge in [-0.3, -0.25) is 55.6 Å². The molecule has 6 aromatic rings. The van der Waals surface area contributed by atoms with Crippen molar-refractivity contribution in [3.63, 3.8) is 0 Å². The molecule has 0 bridgehead atoms. The van der Waals surface area contributed by atoms with Crippen LogP contribution in [0.15, 0.2) is 34.9 Å². The molecule has 0 saturated carbocycles. The topological polar surface area (TPSA) is 556 Å². The molecule has 0 spiro atoms. The van der Waals surface area contributed by atoms with Gasteiger partial charge in [0, 0.05) is 7.11 Å². The highest BCUT2D eigenvalue weighted by Crippen LogP contribution is 2.63. The Balaban J connectivity index is 0.862. The monoisotopic (exact) mass is 1160 g/mol. The van der Waals surface area contributed by atoms with Crippen LogP contribution in [0.3, 0.4) is 0 Å². The van der Waals surface area contributed by atoms with Crippen LogP contribution in [0.5, 0.6) is 0 Å². The Morgan fingerprint density at radius 3 is 1.95 bits per heavy atom. The van der Waals surface area contributed by atoms with Gasteiger partial charge in [-0.05, 0) is 0 Å². The Morgan fingerprint density at radius 2 is 1.28 bits per heavy atom. The molecule has 0 radical (unpaired) electrons.